The highest BCUT2D eigenvalue weighted by molar-refractivity contribution is 9.10. The zero-order valence-electron chi connectivity index (χ0n) is 7.97. The minimum absolute atomic E-state index is 0.716. The Bertz CT molecular complexity index is 462. The van der Waals surface area contributed by atoms with Crippen LogP contribution in [0, 0.1) is 0 Å². The lowest BCUT2D eigenvalue weighted by atomic mass is 10.3. The van der Waals surface area contributed by atoms with Crippen LogP contribution in [0.1, 0.15) is 19.2 Å². The Morgan fingerprint density at radius 1 is 1.50 bits per heavy atom. The van der Waals surface area contributed by atoms with Crippen LogP contribution in [0.3, 0.4) is 0 Å². The zero-order chi connectivity index (χ0) is 10.1. The Balaban J connectivity index is 2.58. The van der Waals surface area contributed by atoms with Gasteiger partial charge in [0, 0.05) is 10.9 Å². The molecular weight excluding hydrogens is 242 g/mol. The Labute approximate surface area is 90.8 Å². The van der Waals surface area contributed by atoms with E-state index in [1.807, 2.05) is 12.1 Å². The number of aryl methyl sites for hydroxylation is 1. The first-order chi connectivity index (χ1) is 6.70. The molecule has 1 aromatic carbocycles. The summed E-state index contributed by atoms with van der Waals surface area (Å²) in [6, 6.07) is 3.87. The minimum atomic E-state index is 0.716. The summed E-state index contributed by atoms with van der Waals surface area (Å²) < 4.78 is 0.981. The third-order valence-electron chi connectivity index (χ3n) is 2.12. The Morgan fingerprint density at radius 3 is 3.00 bits per heavy atom. The van der Waals surface area contributed by atoms with Gasteiger partial charge in [-0.05, 0) is 18.6 Å². The van der Waals surface area contributed by atoms with Crippen molar-refractivity contribution in [2.75, 3.05) is 5.73 Å². The topological polar surface area (TPSA) is 54.7 Å². The van der Waals surface area contributed by atoms with E-state index in [-0.39, 0.29) is 0 Å². The maximum absolute atomic E-state index is 5.85. The van der Waals surface area contributed by atoms with Gasteiger partial charge in [-0.3, -0.25) is 0 Å². The van der Waals surface area contributed by atoms with E-state index in [9.17, 15) is 0 Å². The van der Waals surface area contributed by atoms with Crippen LogP contribution >= 0.6 is 15.9 Å². The summed E-state index contributed by atoms with van der Waals surface area (Å²) in [4.78, 5) is 7.70. The van der Waals surface area contributed by atoms with Crippen molar-refractivity contribution in [3.8, 4) is 0 Å². The Morgan fingerprint density at radius 2 is 2.29 bits per heavy atom. The van der Waals surface area contributed by atoms with Crippen LogP contribution in [0.2, 0.25) is 0 Å². The van der Waals surface area contributed by atoms with Crippen LogP contribution in [0.5, 0.6) is 0 Å². The zero-order valence-corrected chi connectivity index (χ0v) is 9.56. The van der Waals surface area contributed by atoms with Crippen LogP contribution in [0.4, 0.5) is 5.69 Å². The molecule has 0 fully saturated rings. The van der Waals surface area contributed by atoms with Gasteiger partial charge in [0.25, 0.3) is 0 Å². The van der Waals surface area contributed by atoms with Gasteiger partial charge in [-0.15, -0.1) is 0 Å². The summed E-state index contributed by atoms with van der Waals surface area (Å²) in [5, 5.41) is 0. The quantitative estimate of drug-likeness (QED) is 0.809. The highest BCUT2D eigenvalue weighted by atomic mass is 79.9. The molecule has 2 aromatic rings. The molecule has 2 rings (SSSR count). The molecule has 0 bridgehead atoms. The maximum Gasteiger partial charge on any atom is 0.112 e. The SMILES string of the molecule is CCCc1nc2c(N)cc(Br)cc2[nH]1. The fourth-order valence-corrected chi connectivity index (χ4v) is 1.99. The van der Waals surface area contributed by atoms with E-state index in [4.69, 9.17) is 5.73 Å². The van der Waals surface area contributed by atoms with Gasteiger partial charge in [-0.25, -0.2) is 4.98 Å². The Hall–Kier alpha value is -1.03. The number of anilines is 1. The van der Waals surface area contributed by atoms with Gasteiger partial charge in [0.05, 0.1) is 11.2 Å². The molecule has 0 atom stereocenters. The van der Waals surface area contributed by atoms with Gasteiger partial charge >= 0.3 is 0 Å². The number of fused-ring (bicyclic) bond motifs is 1. The number of hydrogen-bond donors (Lipinski definition) is 2. The van der Waals surface area contributed by atoms with Crippen molar-refractivity contribution in [1.29, 1.82) is 0 Å². The molecule has 0 aliphatic carbocycles. The Kier molecular flexibility index (Phi) is 2.46. The summed E-state index contributed by atoms with van der Waals surface area (Å²) >= 11 is 3.40. The van der Waals surface area contributed by atoms with E-state index in [0.717, 1.165) is 34.2 Å². The van der Waals surface area contributed by atoms with Crippen molar-refractivity contribution < 1.29 is 0 Å². The number of nitrogens with two attached hydrogens (primary N) is 1. The molecule has 0 spiro atoms. The molecule has 74 valence electrons. The first kappa shape index (κ1) is 9.52. The van der Waals surface area contributed by atoms with Crippen molar-refractivity contribution in [3.63, 3.8) is 0 Å². The van der Waals surface area contributed by atoms with Crippen molar-refractivity contribution in [1.82, 2.24) is 9.97 Å². The predicted molar refractivity (Wildman–Crippen MR) is 62.2 cm³/mol. The largest absolute Gasteiger partial charge is 0.397 e. The molecule has 4 heteroatoms. The molecule has 0 radical (unpaired) electrons. The number of halogens is 1. The third-order valence-corrected chi connectivity index (χ3v) is 2.57. The summed E-state index contributed by atoms with van der Waals surface area (Å²) in [7, 11) is 0. The van der Waals surface area contributed by atoms with E-state index in [1.165, 1.54) is 0 Å². The van der Waals surface area contributed by atoms with Crippen LogP contribution in [-0.2, 0) is 6.42 Å². The second kappa shape index (κ2) is 3.61. The van der Waals surface area contributed by atoms with E-state index in [2.05, 4.69) is 32.8 Å². The second-order valence-corrected chi connectivity index (χ2v) is 4.24. The van der Waals surface area contributed by atoms with Gasteiger partial charge in [-0.1, -0.05) is 22.9 Å². The number of rotatable bonds is 2. The summed E-state index contributed by atoms with van der Waals surface area (Å²) in [5.41, 5.74) is 8.44. The van der Waals surface area contributed by atoms with Gasteiger partial charge < -0.3 is 10.7 Å². The molecule has 0 amide bonds. The fraction of sp³-hybridized carbons (Fsp3) is 0.300. The summed E-state index contributed by atoms with van der Waals surface area (Å²) in [5.74, 6) is 1.01. The first-order valence-electron chi connectivity index (χ1n) is 4.64. The standard InChI is InChI=1S/C10H12BrN3/c1-2-3-9-13-8-5-6(11)4-7(12)10(8)14-9/h4-5H,2-3,12H2,1H3,(H,13,14). The highest BCUT2D eigenvalue weighted by Crippen LogP contribution is 2.24. The van der Waals surface area contributed by atoms with Crippen molar-refractivity contribution in [2.24, 2.45) is 0 Å². The summed E-state index contributed by atoms with van der Waals surface area (Å²) in [6.07, 6.45) is 2.05. The van der Waals surface area contributed by atoms with E-state index >= 15 is 0 Å². The number of hydrogen-bond acceptors (Lipinski definition) is 2. The molecule has 3 N–H and O–H groups in total. The normalized spacial score (nSPS) is 11.0. The molecular formula is C10H12BrN3. The lowest BCUT2D eigenvalue weighted by Gasteiger charge is -1.94. The average Bonchev–Trinajstić information content (AvgIpc) is 2.48. The third kappa shape index (κ3) is 1.62. The maximum atomic E-state index is 5.85. The van der Waals surface area contributed by atoms with Crippen LogP contribution in [-0.4, -0.2) is 9.97 Å². The minimum Gasteiger partial charge on any atom is -0.397 e. The molecule has 0 aliphatic heterocycles. The molecule has 1 aromatic heterocycles. The molecule has 0 saturated carbocycles. The number of aromatic nitrogens is 2. The van der Waals surface area contributed by atoms with Gasteiger partial charge in [0.15, 0.2) is 0 Å². The molecule has 1 heterocycles. The number of nitrogens with one attached hydrogen (secondary N) is 1. The highest BCUT2D eigenvalue weighted by Gasteiger charge is 2.05. The van der Waals surface area contributed by atoms with E-state index in [1.54, 1.807) is 0 Å². The number of imidazole rings is 1. The van der Waals surface area contributed by atoms with E-state index < -0.39 is 0 Å². The average molecular weight is 254 g/mol. The number of benzene rings is 1. The number of nitrogens with zero attached hydrogens (tertiary/aromatic N) is 1. The van der Waals surface area contributed by atoms with E-state index in [0.29, 0.717) is 5.69 Å². The van der Waals surface area contributed by atoms with Crippen molar-refractivity contribution in [2.45, 2.75) is 19.8 Å². The summed E-state index contributed by atoms with van der Waals surface area (Å²) in [6.45, 7) is 2.13. The monoisotopic (exact) mass is 253 g/mol. The molecule has 0 unspecified atom stereocenters. The second-order valence-electron chi connectivity index (χ2n) is 3.32. The van der Waals surface area contributed by atoms with Gasteiger partial charge in [0.2, 0.25) is 0 Å². The number of nitrogen functional groups attached to an aromatic ring is 1. The van der Waals surface area contributed by atoms with Gasteiger partial charge in [0.1, 0.15) is 11.3 Å². The molecule has 0 aliphatic rings. The molecule has 14 heavy (non-hydrogen) atoms. The molecule has 0 saturated heterocycles. The van der Waals surface area contributed by atoms with Crippen LogP contribution < -0.4 is 5.73 Å². The van der Waals surface area contributed by atoms with Crippen molar-refractivity contribution >= 4 is 32.7 Å². The van der Waals surface area contributed by atoms with Crippen LogP contribution in [0.25, 0.3) is 11.0 Å². The smallest absolute Gasteiger partial charge is 0.112 e. The first-order valence-corrected chi connectivity index (χ1v) is 5.43. The number of aromatic amines is 1. The predicted octanol–water partition coefficient (Wildman–Crippen LogP) is 2.86. The van der Waals surface area contributed by atoms with Crippen LogP contribution in [0.15, 0.2) is 16.6 Å². The number of H-pyrrole nitrogens is 1. The lowest BCUT2D eigenvalue weighted by Crippen LogP contribution is -1.87. The van der Waals surface area contributed by atoms with Crippen molar-refractivity contribution in [3.05, 3.63) is 22.4 Å². The van der Waals surface area contributed by atoms with Gasteiger partial charge in [-0.2, -0.15) is 0 Å². The molecule has 3 nitrogen and oxygen atoms in total. The fourth-order valence-electron chi connectivity index (χ4n) is 1.51. The lowest BCUT2D eigenvalue weighted by molar-refractivity contribution is 0.861.